The zero-order chi connectivity index (χ0) is 19.6. The van der Waals surface area contributed by atoms with Gasteiger partial charge in [0.2, 0.25) is 0 Å². The van der Waals surface area contributed by atoms with Crippen molar-refractivity contribution in [3.05, 3.63) is 74.1 Å². The molecule has 5 heteroatoms. The molecule has 0 bridgehead atoms. The lowest BCUT2D eigenvalue weighted by atomic mass is 9.98. The van der Waals surface area contributed by atoms with E-state index in [-0.39, 0.29) is 16.4 Å². The Morgan fingerprint density at radius 3 is 2.41 bits per heavy atom. The minimum absolute atomic E-state index is 0.0190. The Balaban J connectivity index is 2.19. The Morgan fingerprint density at radius 1 is 1.11 bits per heavy atom. The van der Waals surface area contributed by atoms with Gasteiger partial charge in [0.25, 0.3) is 0 Å². The Hall–Kier alpha value is -2.30. The molecular formula is C22H24ClNO3. The predicted octanol–water partition coefficient (Wildman–Crippen LogP) is 4.89. The Labute approximate surface area is 164 Å². The molecule has 2 aromatic carbocycles. The zero-order valence-corrected chi connectivity index (χ0v) is 16.6. The molecule has 0 aliphatic heterocycles. The van der Waals surface area contributed by atoms with E-state index in [1.54, 1.807) is 6.07 Å². The molecule has 1 N–H and O–H groups in total. The summed E-state index contributed by atoms with van der Waals surface area (Å²) in [6.07, 6.45) is 0.495. The number of rotatable bonds is 6. The van der Waals surface area contributed by atoms with Crippen molar-refractivity contribution in [3.63, 3.8) is 0 Å². The largest absolute Gasteiger partial charge is 0.506 e. The summed E-state index contributed by atoms with van der Waals surface area (Å²) in [6, 6.07) is 11.5. The first kappa shape index (κ1) is 19.5. The topological polar surface area (TPSA) is 53.7 Å². The number of benzene rings is 2. The monoisotopic (exact) mass is 385 g/mol. The van der Waals surface area contributed by atoms with Crippen molar-refractivity contribution in [2.45, 2.75) is 33.7 Å². The van der Waals surface area contributed by atoms with Gasteiger partial charge in [-0.15, -0.1) is 0 Å². The first-order valence-corrected chi connectivity index (χ1v) is 9.56. The number of phenols is 1. The molecule has 142 valence electrons. The van der Waals surface area contributed by atoms with Gasteiger partial charge in [-0.05, 0) is 37.2 Å². The van der Waals surface area contributed by atoms with E-state index < -0.39 is 0 Å². The van der Waals surface area contributed by atoms with Crippen LogP contribution in [-0.4, -0.2) is 23.1 Å². The Kier molecular flexibility index (Phi) is 5.88. The van der Waals surface area contributed by atoms with Crippen molar-refractivity contribution in [2.75, 3.05) is 13.1 Å². The number of hydrogen-bond donors (Lipinski definition) is 1. The fourth-order valence-corrected chi connectivity index (χ4v) is 3.59. The maximum Gasteiger partial charge on any atom is 0.340 e. The molecule has 0 unspecified atom stereocenters. The summed E-state index contributed by atoms with van der Waals surface area (Å²) in [6.45, 7) is 8.11. The van der Waals surface area contributed by atoms with E-state index in [1.165, 1.54) is 0 Å². The number of aryl methyl sites for hydroxylation is 1. The van der Waals surface area contributed by atoms with Crippen LogP contribution in [0, 0.1) is 6.92 Å². The molecule has 0 saturated carbocycles. The second-order valence-electron chi connectivity index (χ2n) is 6.68. The molecule has 3 aromatic rings. The van der Waals surface area contributed by atoms with Crippen molar-refractivity contribution in [3.8, 4) is 5.75 Å². The maximum absolute atomic E-state index is 12.7. The second-order valence-corrected chi connectivity index (χ2v) is 7.09. The van der Waals surface area contributed by atoms with Gasteiger partial charge in [-0.25, -0.2) is 4.79 Å². The third-order valence-corrected chi connectivity index (χ3v) is 5.39. The fourth-order valence-electron chi connectivity index (χ4n) is 3.36. The van der Waals surface area contributed by atoms with Crippen molar-refractivity contribution in [1.82, 2.24) is 4.90 Å². The summed E-state index contributed by atoms with van der Waals surface area (Å²) in [5.74, 6) is -0.0190. The van der Waals surface area contributed by atoms with Crippen LogP contribution in [0.5, 0.6) is 5.75 Å². The fraction of sp³-hybridized carbons (Fsp3) is 0.318. The van der Waals surface area contributed by atoms with Gasteiger partial charge in [-0.3, -0.25) is 4.90 Å². The van der Waals surface area contributed by atoms with Crippen molar-refractivity contribution >= 4 is 22.6 Å². The van der Waals surface area contributed by atoms with Gasteiger partial charge >= 0.3 is 5.63 Å². The number of phenolic OH excluding ortho intramolecular Hbond substituents is 1. The quantitative estimate of drug-likeness (QED) is 0.613. The van der Waals surface area contributed by atoms with Crippen molar-refractivity contribution < 1.29 is 9.52 Å². The highest BCUT2D eigenvalue weighted by atomic mass is 35.5. The van der Waals surface area contributed by atoms with E-state index in [1.807, 2.05) is 51.1 Å². The molecule has 0 atom stereocenters. The number of hydrogen-bond acceptors (Lipinski definition) is 4. The van der Waals surface area contributed by atoms with Crippen LogP contribution in [0.3, 0.4) is 0 Å². The van der Waals surface area contributed by atoms with Crippen LogP contribution in [0.4, 0.5) is 0 Å². The molecule has 0 amide bonds. The number of fused-ring (bicyclic) bond motifs is 1. The second kappa shape index (κ2) is 8.15. The summed E-state index contributed by atoms with van der Waals surface area (Å²) >= 11 is 6.30. The van der Waals surface area contributed by atoms with Crippen LogP contribution < -0.4 is 5.63 Å². The molecule has 1 aromatic heterocycles. The average Bonchev–Trinajstić information content (AvgIpc) is 2.68. The maximum atomic E-state index is 12.7. The average molecular weight is 386 g/mol. The SMILES string of the molecule is CCN(CC)Cc1c(O)c(Cl)cc2c(C)c(Cc3ccccc3)c(=O)oc12. The molecule has 0 spiro atoms. The third kappa shape index (κ3) is 3.87. The smallest absolute Gasteiger partial charge is 0.340 e. The molecular weight excluding hydrogens is 362 g/mol. The molecule has 27 heavy (non-hydrogen) atoms. The lowest BCUT2D eigenvalue weighted by Crippen LogP contribution is -2.22. The summed E-state index contributed by atoms with van der Waals surface area (Å²) in [5.41, 5.74) is 3.11. The number of aromatic hydroxyl groups is 1. The molecule has 1 heterocycles. The van der Waals surface area contributed by atoms with Gasteiger partial charge in [-0.2, -0.15) is 0 Å². The number of nitrogens with zero attached hydrogens (tertiary/aromatic N) is 1. The highest BCUT2D eigenvalue weighted by molar-refractivity contribution is 6.33. The van der Waals surface area contributed by atoms with Gasteiger partial charge in [-0.1, -0.05) is 55.8 Å². The van der Waals surface area contributed by atoms with E-state index in [9.17, 15) is 9.90 Å². The first-order valence-electron chi connectivity index (χ1n) is 9.19. The van der Waals surface area contributed by atoms with Crippen LogP contribution in [0.25, 0.3) is 11.0 Å². The first-order chi connectivity index (χ1) is 13.0. The molecule has 0 aliphatic carbocycles. The lowest BCUT2D eigenvalue weighted by molar-refractivity contribution is 0.290. The highest BCUT2D eigenvalue weighted by Gasteiger charge is 2.20. The van der Waals surface area contributed by atoms with Gasteiger partial charge in [0.15, 0.2) is 0 Å². The van der Waals surface area contributed by atoms with Gasteiger partial charge in [0, 0.05) is 23.9 Å². The third-order valence-electron chi connectivity index (χ3n) is 5.10. The van der Waals surface area contributed by atoms with Gasteiger partial charge < -0.3 is 9.52 Å². The number of halogens is 1. The van der Waals surface area contributed by atoms with Gasteiger partial charge in [0.1, 0.15) is 11.3 Å². The Morgan fingerprint density at radius 2 is 1.78 bits per heavy atom. The van der Waals surface area contributed by atoms with E-state index in [4.69, 9.17) is 16.0 Å². The molecule has 0 radical (unpaired) electrons. The van der Waals surface area contributed by atoms with E-state index in [0.717, 1.165) is 29.6 Å². The van der Waals surface area contributed by atoms with Crippen LogP contribution in [0.15, 0.2) is 45.6 Å². The highest BCUT2D eigenvalue weighted by Crippen LogP contribution is 2.37. The van der Waals surface area contributed by atoms with Crippen molar-refractivity contribution in [2.24, 2.45) is 0 Å². The van der Waals surface area contributed by atoms with Crippen LogP contribution >= 0.6 is 11.6 Å². The summed E-state index contributed by atoms with van der Waals surface area (Å²) in [5, 5.41) is 11.5. The van der Waals surface area contributed by atoms with Crippen LogP contribution in [0.1, 0.15) is 36.1 Å². The summed E-state index contributed by atoms with van der Waals surface area (Å²) in [4.78, 5) is 14.9. The molecule has 0 fully saturated rings. The molecule has 0 saturated heterocycles. The van der Waals surface area contributed by atoms with E-state index in [2.05, 4.69) is 4.90 Å². The predicted molar refractivity (Wildman–Crippen MR) is 110 cm³/mol. The standard InChI is InChI=1S/C22H24ClNO3/c1-4-24(5-2)13-18-20(25)19(23)12-16-14(3)17(22(26)27-21(16)18)11-15-9-7-6-8-10-15/h6-10,12,25H,4-5,11,13H2,1-3H3. The van der Waals surface area contributed by atoms with Crippen LogP contribution in [0.2, 0.25) is 5.02 Å². The van der Waals surface area contributed by atoms with Crippen molar-refractivity contribution in [1.29, 1.82) is 0 Å². The molecule has 3 rings (SSSR count). The van der Waals surface area contributed by atoms with E-state index in [0.29, 0.717) is 29.7 Å². The normalized spacial score (nSPS) is 11.4. The van der Waals surface area contributed by atoms with Crippen LogP contribution in [-0.2, 0) is 13.0 Å². The zero-order valence-electron chi connectivity index (χ0n) is 15.9. The molecule has 4 nitrogen and oxygen atoms in total. The summed E-state index contributed by atoms with van der Waals surface area (Å²) in [7, 11) is 0. The lowest BCUT2D eigenvalue weighted by Gasteiger charge is -2.20. The minimum Gasteiger partial charge on any atom is -0.506 e. The van der Waals surface area contributed by atoms with E-state index >= 15 is 0 Å². The summed E-state index contributed by atoms with van der Waals surface area (Å²) < 4.78 is 5.70. The Bertz CT molecular complexity index is 1010. The molecule has 0 aliphatic rings. The minimum atomic E-state index is -0.369. The van der Waals surface area contributed by atoms with Gasteiger partial charge in [0.05, 0.1) is 10.6 Å².